The number of phosphoric ester groups is 6. The van der Waals surface area contributed by atoms with Crippen LogP contribution in [0.3, 0.4) is 0 Å². The topological polar surface area (TPSA) is 442 Å². The standard InChI is InChI=1S/C34H62O26P6.8C8H17N/c1-18(2)7-6-8-19(3)23-11-12-24-22-10-9-20-17-21(13-15-33(20,4)25(22)14-16-34(23,24)5)53-32(35)60-66(51,52)59-31-29(57-64(45,46)47)27(55-62(39,40)41)26(54-61(36,37)38)28(56-63(42,43)44)30(31)58-65(48,49)50;8*1-9(2)8-6-4-3-5-7-8/h9,18-19,21-31H,6-8,10-17H2,1-5H3,(H,51,52)(H2,36,37,38)(H2,39,40,41)(H2,42,43,44)(H2,45,46,47)(H2,48,49,50);8*8H,3-7H2,1-2H3/t19-,21+,22+,23-,24+,25+,26?,27-,28+,29-,30-,31?,33+,34-;;;;;;;;/m1......../s1. The minimum Gasteiger partial charge on any atom is -0.430 e. The van der Waals surface area contributed by atoms with Crippen molar-refractivity contribution < 1.29 is 122 Å². The quantitative estimate of drug-likeness (QED) is 0.0207. The van der Waals surface area contributed by atoms with Crippen LogP contribution in [0.5, 0.6) is 0 Å². The average molecular weight is 2090 g/mol. The molecular formula is C98H198N8O26P6. The molecular weight excluding hydrogens is 1890 g/mol. The van der Waals surface area contributed by atoms with Gasteiger partial charge >= 0.3 is 53.1 Å². The molecule has 0 aromatic heterocycles. The minimum absolute atomic E-state index is 0.200. The number of allylic oxidation sites excluding steroid dienone is 1. The summed E-state index contributed by atoms with van der Waals surface area (Å²) < 4.78 is 110. The van der Waals surface area contributed by atoms with Crippen molar-refractivity contribution in [1.82, 2.24) is 39.2 Å². The molecule has 0 bridgehead atoms. The summed E-state index contributed by atoms with van der Waals surface area (Å²) in [4.78, 5) is 139. The SMILES string of the molecule is CC(C)CCC[C@@H](C)[C@H]1CC[C@H]2[C@@H]3CC=C4C[C@@H](OC(=O)OP(=O)(O)OC5[C@H](OP(=O)(O)O)[C@H](OP(=O)(O)O)C(OP(=O)(O)O)[C@H](OP(=O)(O)O)[C@H]5OP(=O)(O)O)CC[C@]4(C)[C@H]3CC[C@]12C.CN(C)C1CCCCC1.CN(C)C1CCCCC1.CN(C)C1CCCCC1.CN(C)C1CCCCC1.CN(C)C1CCCCC1.CN(C)C1CCCCC1.CN(C)C1CCCCC1.CN(C)C1CCCCC1. The van der Waals surface area contributed by atoms with E-state index in [1.165, 1.54) is 283 Å². The van der Waals surface area contributed by atoms with E-state index in [-0.39, 0.29) is 23.7 Å². The maximum atomic E-state index is 13.5. The molecule has 40 heteroatoms. The summed E-state index contributed by atoms with van der Waals surface area (Å²) in [6.45, 7) is 11.6. The Bertz CT molecular complexity index is 3350. The molecule has 0 spiro atoms. The van der Waals surface area contributed by atoms with Crippen LogP contribution in [0, 0.1) is 46.3 Å². The second-order valence-electron chi connectivity index (χ2n) is 45.0. The van der Waals surface area contributed by atoms with Gasteiger partial charge in [0.25, 0.3) is 0 Å². The second-order valence-corrected chi connectivity index (χ2v) is 52.3. The zero-order chi connectivity index (χ0) is 103. The fraction of sp³-hybridized carbons (Fsp3) is 0.969. The highest BCUT2D eigenvalue weighted by molar-refractivity contribution is 7.48. The van der Waals surface area contributed by atoms with E-state index in [2.05, 4.69) is 220 Å². The summed E-state index contributed by atoms with van der Waals surface area (Å²) in [6.07, 6.45) is 47.5. The van der Waals surface area contributed by atoms with Gasteiger partial charge in [-0.1, -0.05) is 220 Å². The number of fused-ring (bicyclic) bond motifs is 5. The van der Waals surface area contributed by atoms with Crippen LogP contribution in [-0.2, 0) is 63.8 Å². The Morgan fingerprint density at radius 1 is 0.333 bits per heavy atom. The fourth-order valence-electron chi connectivity index (χ4n) is 24.6. The molecule has 13 aliphatic carbocycles. The molecule has 0 saturated heterocycles. The molecule has 11 N–H and O–H groups in total. The Kier molecular flexibility index (Phi) is 57.7. The van der Waals surface area contributed by atoms with Crippen molar-refractivity contribution in [2.24, 2.45) is 46.3 Å². The van der Waals surface area contributed by atoms with E-state index >= 15 is 0 Å². The molecule has 0 aliphatic heterocycles. The fourth-order valence-corrected chi connectivity index (χ4v) is 28.2. The van der Waals surface area contributed by atoms with Gasteiger partial charge in [-0.3, -0.25) is 32.0 Å². The van der Waals surface area contributed by atoms with Crippen molar-refractivity contribution in [3.63, 3.8) is 0 Å². The molecule has 0 radical (unpaired) electrons. The van der Waals surface area contributed by atoms with Gasteiger partial charge in [0.15, 0.2) is 0 Å². The van der Waals surface area contributed by atoms with E-state index in [0.717, 1.165) is 79.6 Å². The van der Waals surface area contributed by atoms with Crippen molar-refractivity contribution in [2.75, 3.05) is 113 Å². The first-order valence-corrected chi connectivity index (χ1v) is 62.1. The Labute approximate surface area is 834 Å². The molecule has 0 aromatic carbocycles. The molecule has 34 nitrogen and oxygen atoms in total. The third-order valence-electron chi connectivity index (χ3n) is 32.6. The highest BCUT2D eigenvalue weighted by atomic mass is 31.2. The van der Waals surface area contributed by atoms with Crippen molar-refractivity contribution in [1.29, 1.82) is 0 Å². The van der Waals surface area contributed by atoms with Gasteiger partial charge in [0.05, 0.1) is 0 Å². The first kappa shape index (κ1) is 128. The van der Waals surface area contributed by atoms with Gasteiger partial charge in [-0.15, -0.1) is 0 Å². The minimum atomic E-state index is -6.26. The zero-order valence-corrected chi connectivity index (χ0v) is 94.4. The number of hydrogen-bond acceptors (Lipinski definition) is 23. The molecule has 13 rings (SSSR count). The lowest BCUT2D eigenvalue weighted by Crippen LogP contribution is -2.66. The van der Waals surface area contributed by atoms with Crippen LogP contribution in [0.2, 0.25) is 0 Å². The van der Waals surface area contributed by atoms with Crippen molar-refractivity contribution >= 4 is 53.1 Å². The normalized spacial score (nSPS) is 29.7. The van der Waals surface area contributed by atoms with Gasteiger partial charge < -0.3 is 97.4 Å². The van der Waals surface area contributed by atoms with Crippen LogP contribution in [0.25, 0.3) is 0 Å². The van der Waals surface area contributed by atoms with E-state index in [9.17, 15) is 86.0 Å². The summed E-state index contributed by atoms with van der Waals surface area (Å²) in [5.74, 6) is 3.30. The predicted molar refractivity (Wildman–Crippen MR) is 548 cm³/mol. The number of ether oxygens (including phenoxy) is 1. The van der Waals surface area contributed by atoms with Crippen LogP contribution >= 0.6 is 46.9 Å². The molecule has 12 fully saturated rings. The van der Waals surface area contributed by atoms with E-state index in [0.29, 0.717) is 41.9 Å². The van der Waals surface area contributed by atoms with Gasteiger partial charge in [-0.2, -0.15) is 0 Å². The van der Waals surface area contributed by atoms with Crippen LogP contribution in [0.15, 0.2) is 11.6 Å². The number of phosphoric acid groups is 6. The van der Waals surface area contributed by atoms with Gasteiger partial charge in [-0.25, -0.2) is 32.2 Å². The number of rotatable bonds is 27. The largest absolute Gasteiger partial charge is 0.532 e. The summed E-state index contributed by atoms with van der Waals surface area (Å²) in [5, 5.41) is 0. The molecule has 13 aliphatic rings. The van der Waals surface area contributed by atoms with E-state index < -0.39 is 95.8 Å². The lowest BCUT2D eigenvalue weighted by atomic mass is 9.47. The first-order chi connectivity index (χ1) is 64.3. The molecule has 3 unspecified atom stereocenters. The van der Waals surface area contributed by atoms with Crippen LogP contribution in [-0.4, -0.2) is 303 Å². The number of carbonyl (C=O) groups is 1. The average Bonchev–Trinajstić information content (AvgIpc) is 1.47. The van der Waals surface area contributed by atoms with Gasteiger partial charge in [0.2, 0.25) is 0 Å². The van der Waals surface area contributed by atoms with E-state index in [4.69, 9.17) is 9.26 Å². The number of hydrogen-bond donors (Lipinski definition) is 11. The molecule has 15 atom stereocenters. The Balaban J connectivity index is 0.000000362. The monoisotopic (exact) mass is 2090 g/mol. The van der Waals surface area contributed by atoms with Gasteiger partial charge in [0.1, 0.15) is 42.7 Å². The number of nitrogens with zero attached hydrogens (tertiary/aromatic N) is 8. The van der Waals surface area contributed by atoms with Gasteiger partial charge in [-0.05, 0) is 307 Å². The highest BCUT2D eigenvalue weighted by Gasteiger charge is 2.64. The molecule has 138 heavy (non-hydrogen) atoms. The Morgan fingerprint density at radius 3 is 0.819 bits per heavy atom. The first-order valence-electron chi connectivity index (χ1n) is 53.0. The Hall–Kier alpha value is -0.610. The van der Waals surface area contributed by atoms with E-state index in [1.807, 2.05) is 0 Å². The second kappa shape index (κ2) is 62.3. The third kappa shape index (κ3) is 47.7. The lowest BCUT2D eigenvalue weighted by Gasteiger charge is -2.58. The maximum absolute atomic E-state index is 13.5. The lowest BCUT2D eigenvalue weighted by molar-refractivity contribution is -0.202. The third-order valence-corrected chi connectivity index (χ3v) is 36.1. The van der Waals surface area contributed by atoms with Crippen LogP contribution in [0.1, 0.15) is 362 Å². The highest BCUT2D eigenvalue weighted by Crippen LogP contribution is 2.68. The predicted octanol–water partition coefficient (Wildman–Crippen LogP) is 20.5. The molecule has 0 amide bonds. The molecule has 12 saturated carbocycles. The molecule has 0 heterocycles. The molecule has 816 valence electrons. The number of carbonyl (C=O) groups excluding carboxylic acids is 1. The van der Waals surface area contributed by atoms with E-state index in [1.54, 1.807) is 0 Å². The zero-order valence-electron chi connectivity index (χ0n) is 89.1. The van der Waals surface area contributed by atoms with Crippen molar-refractivity contribution in [3.8, 4) is 0 Å². The summed E-state index contributed by atoms with van der Waals surface area (Å²) >= 11 is 0. The maximum Gasteiger partial charge on any atom is 0.532 e. The van der Waals surface area contributed by atoms with Crippen molar-refractivity contribution in [3.05, 3.63) is 11.6 Å². The van der Waals surface area contributed by atoms with Gasteiger partial charge in [0, 0.05) is 54.8 Å². The molecule has 0 aromatic rings. The summed E-state index contributed by atoms with van der Waals surface area (Å²) in [6, 6.07) is 7.10. The summed E-state index contributed by atoms with van der Waals surface area (Å²) in [7, 11) is -1.99. The van der Waals surface area contributed by atoms with Crippen molar-refractivity contribution in [2.45, 2.75) is 453 Å². The summed E-state index contributed by atoms with van der Waals surface area (Å²) in [5.41, 5.74) is 1.00. The van der Waals surface area contributed by atoms with Crippen LogP contribution in [0.4, 0.5) is 4.79 Å². The Morgan fingerprint density at radius 2 is 0.587 bits per heavy atom. The smallest absolute Gasteiger partial charge is 0.430 e. The van der Waals surface area contributed by atoms with Crippen LogP contribution < -0.4 is 0 Å².